The SMILES string of the molecule is NCC(=O)N(CCN1CCOCC1)CC(N)=O. The van der Waals surface area contributed by atoms with Gasteiger partial charge in [0.2, 0.25) is 11.8 Å². The zero-order valence-corrected chi connectivity index (χ0v) is 9.93. The second-order valence-electron chi connectivity index (χ2n) is 3.94. The van der Waals surface area contributed by atoms with Gasteiger partial charge in [0.25, 0.3) is 0 Å². The third kappa shape index (κ3) is 5.12. The Hall–Kier alpha value is -1.18. The summed E-state index contributed by atoms with van der Waals surface area (Å²) in [5.74, 6) is -0.772. The molecule has 0 spiro atoms. The maximum absolute atomic E-state index is 11.5. The topological polar surface area (TPSA) is 102 Å². The first-order chi connectivity index (χ1) is 8.13. The molecule has 2 amide bonds. The molecule has 0 atom stereocenters. The minimum Gasteiger partial charge on any atom is -0.379 e. The molecule has 0 aliphatic carbocycles. The Morgan fingerprint density at radius 1 is 1.29 bits per heavy atom. The highest BCUT2D eigenvalue weighted by atomic mass is 16.5. The van der Waals surface area contributed by atoms with Crippen LogP contribution in [0.5, 0.6) is 0 Å². The van der Waals surface area contributed by atoms with Crippen molar-refractivity contribution in [3.63, 3.8) is 0 Å². The largest absolute Gasteiger partial charge is 0.379 e. The van der Waals surface area contributed by atoms with E-state index in [4.69, 9.17) is 16.2 Å². The van der Waals surface area contributed by atoms with Crippen molar-refractivity contribution in [3.8, 4) is 0 Å². The summed E-state index contributed by atoms with van der Waals surface area (Å²) >= 11 is 0. The number of rotatable bonds is 6. The first-order valence-electron chi connectivity index (χ1n) is 5.69. The molecule has 1 aliphatic heterocycles. The monoisotopic (exact) mass is 244 g/mol. The maximum Gasteiger partial charge on any atom is 0.237 e. The van der Waals surface area contributed by atoms with Gasteiger partial charge in [0.15, 0.2) is 0 Å². The number of primary amides is 1. The first-order valence-corrected chi connectivity index (χ1v) is 5.69. The minimum absolute atomic E-state index is 0.0691. The van der Waals surface area contributed by atoms with E-state index in [1.54, 1.807) is 0 Å². The number of nitrogens with zero attached hydrogens (tertiary/aromatic N) is 2. The number of hydrogen-bond acceptors (Lipinski definition) is 5. The van der Waals surface area contributed by atoms with Gasteiger partial charge in [0.1, 0.15) is 0 Å². The van der Waals surface area contributed by atoms with Crippen LogP contribution in [0.4, 0.5) is 0 Å². The molecule has 1 rings (SSSR count). The molecule has 7 nitrogen and oxygen atoms in total. The number of carbonyl (C=O) groups is 2. The molecule has 0 aromatic carbocycles. The lowest BCUT2D eigenvalue weighted by Gasteiger charge is -2.29. The molecule has 1 fully saturated rings. The maximum atomic E-state index is 11.5. The molecule has 7 heteroatoms. The summed E-state index contributed by atoms with van der Waals surface area (Å²) in [4.78, 5) is 25.9. The summed E-state index contributed by atoms with van der Waals surface area (Å²) in [6.07, 6.45) is 0. The Bertz CT molecular complexity index is 266. The Labute approximate surface area is 101 Å². The van der Waals surface area contributed by atoms with Crippen LogP contribution in [0.3, 0.4) is 0 Å². The van der Waals surface area contributed by atoms with E-state index < -0.39 is 5.91 Å². The van der Waals surface area contributed by atoms with Gasteiger partial charge in [0, 0.05) is 26.2 Å². The predicted molar refractivity (Wildman–Crippen MR) is 62.1 cm³/mol. The highest BCUT2D eigenvalue weighted by Gasteiger charge is 2.16. The van der Waals surface area contributed by atoms with Gasteiger partial charge in [-0.25, -0.2) is 0 Å². The van der Waals surface area contributed by atoms with Gasteiger partial charge in [-0.15, -0.1) is 0 Å². The van der Waals surface area contributed by atoms with Crippen LogP contribution in [0, 0.1) is 0 Å². The van der Waals surface area contributed by atoms with Crippen LogP contribution >= 0.6 is 0 Å². The number of nitrogens with two attached hydrogens (primary N) is 2. The normalized spacial score (nSPS) is 16.8. The lowest BCUT2D eigenvalue weighted by atomic mass is 10.3. The third-order valence-corrected chi connectivity index (χ3v) is 2.66. The van der Waals surface area contributed by atoms with Crippen molar-refractivity contribution in [3.05, 3.63) is 0 Å². The lowest BCUT2D eigenvalue weighted by Crippen LogP contribution is -2.47. The van der Waals surface area contributed by atoms with Gasteiger partial charge < -0.3 is 21.1 Å². The fraction of sp³-hybridized carbons (Fsp3) is 0.800. The molecule has 98 valence electrons. The summed E-state index contributed by atoms with van der Waals surface area (Å²) in [6.45, 7) is 4.13. The summed E-state index contributed by atoms with van der Waals surface area (Å²) in [7, 11) is 0. The van der Waals surface area contributed by atoms with Crippen molar-refractivity contribution in [1.82, 2.24) is 9.80 Å². The molecule has 1 heterocycles. The van der Waals surface area contributed by atoms with E-state index in [9.17, 15) is 9.59 Å². The molecule has 1 saturated heterocycles. The quantitative estimate of drug-likeness (QED) is 0.542. The Balaban J connectivity index is 2.36. The minimum atomic E-state index is -0.520. The van der Waals surface area contributed by atoms with E-state index >= 15 is 0 Å². The number of ether oxygens (including phenoxy) is 1. The van der Waals surface area contributed by atoms with Gasteiger partial charge in [-0.3, -0.25) is 14.5 Å². The highest BCUT2D eigenvalue weighted by molar-refractivity contribution is 5.84. The molecule has 4 N–H and O–H groups in total. The molecule has 0 bridgehead atoms. The van der Waals surface area contributed by atoms with Crippen molar-refractivity contribution < 1.29 is 14.3 Å². The molecule has 0 unspecified atom stereocenters. The van der Waals surface area contributed by atoms with E-state index in [1.165, 1.54) is 4.90 Å². The van der Waals surface area contributed by atoms with E-state index in [2.05, 4.69) is 4.90 Å². The number of carbonyl (C=O) groups excluding carboxylic acids is 2. The summed E-state index contributed by atoms with van der Waals surface area (Å²) in [5, 5.41) is 0. The van der Waals surface area contributed by atoms with Crippen LogP contribution in [-0.2, 0) is 14.3 Å². The van der Waals surface area contributed by atoms with Crippen LogP contribution in [0.1, 0.15) is 0 Å². The van der Waals surface area contributed by atoms with Crippen LogP contribution in [0.15, 0.2) is 0 Å². The lowest BCUT2D eigenvalue weighted by molar-refractivity contribution is -0.134. The Morgan fingerprint density at radius 2 is 1.94 bits per heavy atom. The molecule has 0 saturated carbocycles. The van der Waals surface area contributed by atoms with Crippen molar-refractivity contribution in [2.45, 2.75) is 0 Å². The summed E-state index contributed by atoms with van der Waals surface area (Å²) in [6, 6.07) is 0. The summed E-state index contributed by atoms with van der Waals surface area (Å²) < 4.78 is 5.22. The second-order valence-corrected chi connectivity index (χ2v) is 3.94. The Morgan fingerprint density at radius 3 is 2.47 bits per heavy atom. The van der Waals surface area contributed by atoms with Gasteiger partial charge in [-0.2, -0.15) is 0 Å². The van der Waals surface area contributed by atoms with Crippen molar-refractivity contribution >= 4 is 11.8 Å². The Kier molecular flexibility index (Phi) is 5.88. The fourth-order valence-electron chi connectivity index (χ4n) is 1.70. The summed E-state index contributed by atoms with van der Waals surface area (Å²) in [5.41, 5.74) is 10.4. The molecular weight excluding hydrogens is 224 g/mol. The van der Waals surface area contributed by atoms with Gasteiger partial charge in [-0.1, -0.05) is 0 Å². The average molecular weight is 244 g/mol. The van der Waals surface area contributed by atoms with E-state index in [-0.39, 0.29) is 19.0 Å². The zero-order valence-electron chi connectivity index (χ0n) is 9.93. The third-order valence-electron chi connectivity index (χ3n) is 2.66. The molecule has 0 aromatic rings. The van der Waals surface area contributed by atoms with Crippen LogP contribution in [-0.4, -0.2) is 74.1 Å². The molecule has 1 aliphatic rings. The van der Waals surface area contributed by atoms with Gasteiger partial charge >= 0.3 is 0 Å². The van der Waals surface area contributed by atoms with Crippen molar-refractivity contribution in [2.24, 2.45) is 11.5 Å². The van der Waals surface area contributed by atoms with Crippen molar-refractivity contribution in [1.29, 1.82) is 0 Å². The van der Waals surface area contributed by atoms with E-state index in [1.807, 2.05) is 0 Å². The second kappa shape index (κ2) is 7.21. The number of morpholine rings is 1. The number of amides is 2. The van der Waals surface area contributed by atoms with Crippen molar-refractivity contribution in [2.75, 3.05) is 52.5 Å². The van der Waals surface area contributed by atoms with Crippen LogP contribution in [0.25, 0.3) is 0 Å². The smallest absolute Gasteiger partial charge is 0.237 e. The van der Waals surface area contributed by atoms with Gasteiger partial charge in [-0.05, 0) is 0 Å². The highest BCUT2D eigenvalue weighted by Crippen LogP contribution is 1.98. The zero-order chi connectivity index (χ0) is 12.7. The number of hydrogen-bond donors (Lipinski definition) is 2. The molecule has 17 heavy (non-hydrogen) atoms. The average Bonchev–Trinajstić information content (AvgIpc) is 2.34. The molecule has 0 radical (unpaired) electrons. The first kappa shape index (κ1) is 13.9. The van der Waals surface area contributed by atoms with Gasteiger partial charge in [0.05, 0.1) is 26.3 Å². The molecular formula is C10H20N4O3. The van der Waals surface area contributed by atoms with Crippen LogP contribution in [0.2, 0.25) is 0 Å². The van der Waals surface area contributed by atoms with E-state index in [0.717, 1.165) is 13.1 Å². The molecule has 0 aromatic heterocycles. The van der Waals surface area contributed by atoms with Crippen LogP contribution < -0.4 is 11.5 Å². The van der Waals surface area contributed by atoms with E-state index in [0.29, 0.717) is 26.3 Å². The standard InChI is InChI=1S/C10H20N4O3/c11-7-10(16)14(8-9(12)15)2-1-13-3-5-17-6-4-13/h1-8,11H2,(H2,12,15). The predicted octanol–water partition coefficient (Wildman–Crippen LogP) is -2.41. The fourth-order valence-corrected chi connectivity index (χ4v) is 1.70.